The smallest absolute Gasteiger partial charge is 0.322 e. The minimum atomic E-state index is -0.283. The Labute approximate surface area is 178 Å². The molecule has 0 radical (unpaired) electrons. The van der Waals surface area contributed by atoms with Crippen LogP contribution in [-0.2, 0) is 0 Å². The standard InChI is InChI=1S/C22H22N4O3S/c1-29-20-12-17(6-7-18(20)25-21(27)15-4-2-9-23-13-15)24-22(28)26-10-3-5-19(26)16-8-11-30-14-16/h2,4,6-9,11-14,19H,3,5,10H2,1H3,(H,24,28)(H,25,27). The maximum atomic E-state index is 12.9. The van der Waals surface area contributed by atoms with Crippen LogP contribution in [0.2, 0.25) is 0 Å². The van der Waals surface area contributed by atoms with Crippen molar-refractivity contribution in [1.29, 1.82) is 0 Å². The van der Waals surface area contributed by atoms with Crippen LogP contribution in [0.4, 0.5) is 16.2 Å². The molecule has 1 fully saturated rings. The van der Waals surface area contributed by atoms with Gasteiger partial charge in [0.05, 0.1) is 24.4 Å². The molecule has 3 aromatic rings. The number of pyridine rings is 1. The van der Waals surface area contributed by atoms with Crippen LogP contribution in [0.3, 0.4) is 0 Å². The number of anilines is 2. The first-order valence-electron chi connectivity index (χ1n) is 9.65. The van der Waals surface area contributed by atoms with Crippen molar-refractivity contribution in [3.8, 4) is 5.75 Å². The first kappa shape index (κ1) is 19.9. The molecule has 1 saturated heterocycles. The van der Waals surface area contributed by atoms with E-state index >= 15 is 0 Å². The third kappa shape index (κ3) is 4.28. The van der Waals surface area contributed by atoms with Crippen LogP contribution in [0.5, 0.6) is 5.75 Å². The van der Waals surface area contributed by atoms with Crippen LogP contribution in [0.1, 0.15) is 34.8 Å². The lowest BCUT2D eigenvalue weighted by Gasteiger charge is -2.24. The molecule has 1 atom stereocenters. The van der Waals surface area contributed by atoms with E-state index in [1.165, 1.54) is 18.9 Å². The lowest BCUT2D eigenvalue weighted by molar-refractivity contribution is 0.102. The van der Waals surface area contributed by atoms with Gasteiger partial charge in [0, 0.05) is 30.7 Å². The van der Waals surface area contributed by atoms with E-state index in [1.807, 2.05) is 10.3 Å². The fourth-order valence-corrected chi connectivity index (χ4v) is 4.29. The molecule has 1 unspecified atom stereocenters. The monoisotopic (exact) mass is 422 g/mol. The first-order valence-corrected chi connectivity index (χ1v) is 10.6. The average Bonchev–Trinajstić information content (AvgIpc) is 3.47. The number of benzene rings is 1. The minimum absolute atomic E-state index is 0.108. The molecule has 0 bridgehead atoms. The normalized spacial score (nSPS) is 15.6. The van der Waals surface area contributed by atoms with Crippen LogP contribution in [0.25, 0.3) is 0 Å². The number of carbonyl (C=O) groups is 2. The topological polar surface area (TPSA) is 83.6 Å². The highest BCUT2D eigenvalue weighted by atomic mass is 32.1. The zero-order valence-electron chi connectivity index (χ0n) is 16.5. The van der Waals surface area contributed by atoms with Crippen molar-refractivity contribution in [1.82, 2.24) is 9.88 Å². The van der Waals surface area contributed by atoms with Crippen molar-refractivity contribution in [3.63, 3.8) is 0 Å². The summed E-state index contributed by atoms with van der Waals surface area (Å²) in [5, 5.41) is 9.89. The summed E-state index contributed by atoms with van der Waals surface area (Å²) >= 11 is 1.64. The Balaban J connectivity index is 1.46. The quantitative estimate of drug-likeness (QED) is 0.620. The maximum absolute atomic E-state index is 12.9. The van der Waals surface area contributed by atoms with E-state index in [0.29, 0.717) is 22.7 Å². The molecule has 1 aliphatic rings. The number of hydrogen-bond donors (Lipinski definition) is 2. The van der Waals surface area contributed by atoms with Gasteiger partial charge in [-0.25, -0.2) is 4.79 Å². The van der Waals surface area contributed by atoms with Crippen LogP contribution < -0.4 is 15.4 Å². The van der Waals surface area contributed by atoms with Gasteiger partial charge in [-0.1, -0.05) is 0 Å². The van der Waals surface area contributed by atoms with E-state index in [4.69, 9.17) is 4.74 Å². The first-order chi connectivity index (χ1) is 14.7. The van der Waals surface area contributed by atoms with Crippen LogP contribution >= 0.6 is 11.3 Å². The van der Waals surface area contributed by atoms with E-state index in [2.05, 4.69) is 27.1 Å². The molecule has 2 N–H and O–H groups in total. The number of nitrogens with zero attached hydrogens (tertiary/aromatic N) is 2. The van der Waals surface area contributed by atoms with Crippen molar-refractivity contribution in [3.05, 3.63) is 70.7 Å². The second-order valence-corrected chi connectivity index (χ2v) is 7.73. The van der Waals surface area contributed by atoms with E-state index in [-0.39, 0.29) is 18.0 Å². The van der Waals surface area contributed by atoms with Gasteiger partial charge >= 0.3 is 6.03 Å². The Hall–Kier alpha value is -3.39. The van der Waals surface area contributed by atoms with E-state index in [9.17, 15) is 9.59 Å². The van der Waals surface area contributed by atoms with Gasteiger partial charge in [-0.05, 0) is 59.5 Å². The van der Waals surface area contributed by atoms with Crippen LogP contribution in [-0.4, -0.2) is 35.5 Å². The second kappa shape index (κ2) is 8.96. The van der Waals surface area contributed by atoms with E-state index in [0.717, 1.165) is 19.4 Å². The zero-order chi connectivity index (χ0) is 20.9. The Kier molecular flexibility index (Phi) is 5.94. The average molecular weight is 423 g/mol. The molecule has 30 heavy (non-hydrogen) atoms. The lowest BCUT2D eigenvalue weighted by atomic mass is 10.1. The number of nitrogens with one attached hydrogen (secondary N) is 2. The SMILES string of the molecule is COc1cc(NC(=O)N2CCCC2c2ccsc2)ccc1NC(=O)c1cccnc1. The molecule has 1 aliphatic heterocycles. The summed E-state index contributed by atoms with van der Waals surface area (Å²) in [4.78, 5) is 31.1. The fraction of sp³-hybridized carbons (Fsp3) is 0.227. The fourth-order valence-electron chi connectivity index (χ4n) is 3.58. The summed E-state index contributed by atoms with van der Waals surface area (Å²) in [6, 6.07) is 10.6. The highest BCUT2D eigenvalue weighted by Gasteiger charge is 2.30. The Morgan fingerprint density at radius 2 is 2.13 bits per heavy atom. The van der Waals surface area contributed by atoms with Crippen LogP contribution in [0.15, 0.2) is 59.6 Å². The summed E-state index contributed by atoms with van der Waals surface area (Å²) < 4.78 is 5.42. The summed E-state index contributed by atoms with van der Waals surface area (Å²) in [7, 11) is 1.52. The predicted octanol–water partition coefficient (Wildman–Crippen LogP) is 4.77. The third-order valence-electron chi connectivity index (χ3n) is 5.07. The van der Waals surface area contributed by atoms with Crippen molar-refractivity contribution >= 4 is 34.6 Å². The number of ether oxygens (including phenoxy) is 1. The highest BCUT2D eigenvalue weighted by molar-refractivity contribution is 7.08. The zero-order valence-corrected chi connectivity index (χ0v) is 17.3. The molecule has 1 aromatic carbocycles. The lowest BCUT2D eigenvalue weighted by Crippen LogP contribution is -2.34. The number of carbonyl (C=O) groups excluding carboxylic acids is 2. The van der Waals surface area contributed by atoms with Gasteiger partial charge in [-0.2, -0.15) is 11.3 Å². The molecule has 154 valence electrons. The van der Waals surface area contributed by atoms with Gasteiger partial charge in [0.1, 0.15) is 5.75 Å². The van der Waals surface area contributed by atoms with Gasteiger partial charge < -0.3 is 20.3 Å². The Morgan fingerprint density at radius 3 is 2.87 bits per heavy atom. The number of urea groups is 1. The van der Waals surface area contributed by atoms with Crippen molar-refractivity contribution in [2.75, 3.05) is 24.3 Å². The number of methoxy groups -OCH3 is 1. The van der Waals surface area contributed by atoms with E-state index in [1.54, 1.807) is 47.9 Å². The Bertz CT molecular complexity index is 1020. The highest BCUT2D eigenvalue weighted by Crippen LogP contribution is 2.34. The van der Waals surface area contributed by atoms with Crippen molar-refractivity contribution < 1.29 is 14.3 Å². The molecule has 3 heterocycles. The molecule has 0 aliphatic carbocycles. The summed E-state index contributed by atoms with van der Waals surface area (Å²) in [6.07, 6.45) is 5.05. The molecule has 3 amide bonds. The second-order valence-electron chi connectivity index (χ2n) is 6.95. The minimum Gasteiger partial charge on any atom is -0.494 e. The molecule has 0 spiro atoms. The van der Waals surface area contributed by atoms with Crippen molar-refractivity contribution in [2.24, 2.45) is 0 Å². The molecular formula is C22H22N4O3S. The maximum Gasteiger partial charge on any atom is 0.322 e. The van der Waals surface area contributed by atoms with Gasteiger partial charge in [0.25, 0.3) is 5.91 Å². The summed E-state index contributed by atoms with van der Waals surface area (Å²) in [5.74, 6) is 0.176. The van der Waals surface area contributed by atoms with Crippen molar-refractivity contribution in [2.45, 2.75) is 18.9 Å². The molecular weight excluding hydrogens is 400 g/mol. The molecule has 8 heteroatoms. The largest absolute Gasteiger partial charge is 0.494 e. The predicted molar refractivity (Wildman–Crippen MR) is 117 cm³/mol. The molecule has 2 aromatic heterocycles. The van der Waals surface area contributed by atoms with Gasteiger partial charge in [-0.3, -0.25) is 9.78 Å². The van der Waals surface area contributed by atoms with Gasteiger partial charge in [0.2, 0.25) is 0 Å². The molecule has 0 saturated carbocycles. The Morgan fingerprint density at radius 1 is 1.23 bits per heavy atom. The number of thiophene rings is 1. The number of rotatable bonds is 5. The number of hydrogen-bond acceptors (Lipinski definition) is 5. The van der Waals surface area contributed by atoms with Gasteiger partial charge in [-0.15, -0.1) is 0 Å². The molecule has 7 nitrogen and oxygen atoms in total. The van der Waals surface area contributed by atoms with Crippen LogP contribution in [0, 0.1) is 0 Å². The van der Waals surface area contributed by atoms with E-state index < -0.39 is 0 Å². The number of aromatic nitrogens is 1. The number of amides is 3. The van der Waals surface area contributed by atoms with Gasteiger partial charge in [0.15, 0.2) is 0 Å². The third-order valence-corrected chi connectivity index (χ3v) is 5.77. The summed E-state index contributed by atoms with van der Waals surface area (Å²) in [6.45, 7) is 0.725. The molecule has 4 rings (SSSR count). The summed E-state index contributed by atoms with van der Waals surface area (Å²) in [5.41, 5.74) is 2.75. The number of likely N-dealkylation sites (tertiary alicyclic amines) is 1.